The molecule has 1 aliphatic heterocycles. The van der Waals surface area contributed by atoms with Gasteiger partial charge >= 0.3 is 6.09 Å². The van der Waals surface area contributed by atoms with Crippen molar-refractivity contribution in [3.63, 3.8) is 0 Å². The van der Waals surface area contributed by atoms with Crippen LogP contribution in [0, 0.1) is 11.3 Å². The van der Waals surface area contributed by atoms with Gasteiger partial charge in [0.25, 0.3) is 0 Å². The molecule has 1 amide bonds. The molecule has 2 heterocycles. The fraction of sp³-hybridized carbons (Fsp3) is 0.370. The van der Waals surface area contributed by atoms with Gasteiger partial charge in [0, 0.05) is 25.0 Å². The van der Waals surface area contributed by atoms with Crippen molar-refractivity contribution in [3.05, 3.63) is 52.1 Å². The molecule has 1 atom stereocenters. The van der Waals surface area contributed by atoms with Crippen LogP contribution in [0.15, 0.2) is 46.7 Å². The monoisotopic (exact) mass is 585 g/mol. The number of aromatic nitrogens is 2. The number of fused-ring (bicyclic) bond motifs is 1. The Hall–Kier alpha value is -3.26. The molecule has 1 saturated heterocycles. The molecule has 0 radical (unpaired) electrons. The number of halogens is 2. The average molecular weight is 587 g/mol. The van der Waals surface area contributed by atoms with E-state index in [1.807, 2.05) is 68.3 Å². The molecule has 1 N–H and O–H groups in total. The van der Waals surface area contributed by atoms with Crippen molar-refractivity contribution in [2.24, 2.45) is 5.10 Å². The van der Waals surface area contributed by atoms with Crippen molar-refractivity contribution in [3.8, 4) is 6.07 Å². The first kappa shape index (κ1) is 28.7. The van der Waals surface area contributed by atoms with Gasteiger partial charge in [-0.15, -0.1) is 0 Å². The number of anilines is 2. The number of nitrogens with one attached hydrogen (secondary N) is 1. The second-order valence-electron chi connectivity index (χ2n) is 9.89. The highest BCUT2D eigenvalue weighted by atomic mass is 35.5. The summed E-state index contributed by atoms with van der Waals surface area (Å²) in [4.78, 5) is 25.6. The number of hydrazone groups is 1. The summed E-state index contributed by atoms with van der Waals surface area (Å²) in [6.07, 6.45) is 3.16. The number of thioether (sulfide) groups is 1. The van der Waals surface area contributed by atoms with Gasteiger partial charge in [-0.2, -0.15) is 10.4 Å². The van der Waals surface area contributed by atoms with E-state index in [2.05, 4.69) is 21.6 Å². The minimum Gasteiger partial charge on any atom is -0.444 e. The van der Waals surface area contributed by atoms with Gasteiger partial charge in [0.1, 0.15) is 16.6 Å². The normalized spacial score (nSPS) is 16.0. The Morgan fingerprint density at radius 2 is 2.00 bits per heavy atom. The van der Waals surface area contributed by atoms with Crippen LogP contribution in [-0.4, -0.2) is 64.7 Å². The fourth-order valence-corrected chi connectivity index (χ4v) is 5.21. The molecule has 0 aliphatic carbocycles. The van der Waals surface area contributed by atoms with Crippen LogP contribution in [0.2, 0.25) is 10.2 Å². The first-order chi connectivity index (χ1) is 18.6. The Labute approximate surface area is 242 Å². The molecule has 1 aromatic heterocycles. The maximum atomic E-state index is 12.8. The zero-order chi connectivity index (χ0) is 28.2. The van der Waals surface area contributed by atoms with E-state index in [1.165, 1.54) is 11.8 Å². The van der Waals surface area contributed by atoms with Crippen molar-refractivity contribution in [1.29, 1.82) is 5.26 Å². The van der Waals surface area contributed by atoms with Gasteiger partial charge in [0.2, 0.25) is 0 Å². The van der Waals surface area contributed by atoms with Gasteiger partial charge in [0.05, 0.1) is 41.0 Å². The highest BCUT2D eigenvalue weighted by molar-refractivity contribution is 7.98. The molecule has 0 saturated carbocycles. The van der Waals surface area contributed by atoms with Gasteiger partial charge in [-0.05, 0) is 44.5 Å². The number of rotatable bonds is 6. The number of hydrogen-bond acceptors (Lipinski definition) is 9. The SMILES string of the molecule is CSc1nc(Cl)c(/C=N/Nc2cccc3cccc(Cl)c23)c(N2CCN(C(=O)OC(C)(C)C)C(CC#N)C2)n1. The quantitative estimate of drug-likeness (QED) is 0.116. The fourth-order valence-electron chi connectivity index (χ4n) is 4.30. The standard InChI is InChI=1S/C27H29Cl2N7O2S/c1-27(2,3)38-26(37)36-14-13-35(16-18(36)11-12-30)24-19(23(29)32-25(33-24)39-4)15-31-34-21-10-6-8-17-7-5-9-20(28)22(17)21/h5-10,15,18,34H,11,13-14,16H2,1-4H3/b31-15+. The number of hydrogen-bond donors (Lipinski definition) is 1. The summed E-state index contributed by atoms with van der Waals surface area (Å²) in [7, 11) is 0. The largest absolute Gasteiger partial charge is 0.444 e. The smallest absolute Gasteiger partial charge is 0.410 e. The van der Waals surface area contributed by atoms with E-state index in [1.54, 1.807) is 11.1 Å². The minimum absolute atomic E-state index is 0.150. The molecule has 2 aromatic carbocycles. The molecular formula is C27H29Cl2N7O2S. The van der Waals surface area contributed by atoms with Gasteiger partial charge in [0.15, 0.2) is 5.16 Å². The van der Waals surface area contributed by atoms with Crippen LogP contribution in [0.5, 0.6) is 0 Å². The van der Waals surface area contributed by atoms with Crippen molar-refractivity contribution >= 4 is 69.5 Å². The number of benzene rings is 2. The molecule has 1 aliphatic rings. The van der Waals surface area contributed by atoms with Gasteiger partial charge in [-0.25, -0.2) is 14.8 Å². The molecule has 4 rings (SSSR count). The zero-order valence-electron chi connectivity index (χ0n) is 22.1. The minimum atomic E-state index is -0.635. The molecule has 0 bridgehead atoms. The van der Waals surface area contributed by atoms with Gasteiger partial charge < -0.3 is 14.5 Å². The number of amides is 1. The molecule has 1 unspecified atom stereocenters. The molecule has 204 valence electrons. The number of nitrogens with zero attached hydrogens (tertiary/aromatic N) is 6. The lowest BCUT2D eigenvalue weighted by Gasteiger charge is -2.41. The predicted molar refractivity (Wildman–Crippen MR) is 158 cm³/mol. The summed E-state index contributed by atoms with van der Waals surface area (Å²) in [6.45, 7) is 6.66. The maximum absolute atomic E-state index is 12.8. The van der Waals surface area contributed by atoms with E-state index in [4.69, 9.17) is 32.9 Å². The van der Waals surface area contributed by atoms with Gasteiger partial charge in [-0.3, -0.25) is 5.43 Å². The summed E-state index contributed by atoms with van der Waals surface area (Å²) >= 11 is 14.4. The van der Waals surface area contributed by atoms with E-state index in [-0.39, 0.29) is 17.6 Å². The Morgan fingerprint density at radius 1 is 1.26 bits per heavy atom. The molecule has 9 nitrogen and oxygen atoms in total. The van der Waals surface area contributed by atoms with E-state index in [0.717, 1.165) is 16.5 Å². The van der Waals surface area contributed by atoms with Crippen molar-refractivity contribution < 1.29 is 9.53 Å². The lowest BCUT2D eigenvalue weighted by atomic mass is 10.1. The van der Waals surface area contributed by atoms with Crippen LogP contribution in [0.3, 0.4) is 0 Å². The summed E-state index contributed by atoms with van der Waals surface area (Å²) in [6, 6.07) is 13.3. The second kappa shape index (κ2) is 12.3. The maximum Gasteiger partial charge on any atom is 0.410 e. The van der Waals surface area contributed by atoms with Gasteiger partial charge in [-0.1, -0.05) is 59.2 Å². The summed E-state index contributed by atoms with van der Waals surface area (Å²) in [5, 5.41) is 17.1. The Balaban J connectivity index is 1.63. The number of ether oxygens (including phenoxy) is 1. The zero-order valence-corrected chi connectivity index (χ0v) is 24.4. The van der Waals surface area contributed by atoms with Crippen molar-refractivity contribution in [2.45, 2.75) is 44.0 Å². The summed E-state index contributed by atoms with van der Waals surface area (Å²) in [5.41, 5.74) is 3.70. The lowest BCUT2D eigenvalue weighted by molar-refractivity contribution is 0.0145. The first-order valence-electron chi connectivity index (χ1n) is 12.3. The van der Waals surface area contributed by atoms with E-state index >= 15 is 0 Å². The summed E-state index contributed by atoms with van der Waals surface area (Å²) in [5.74, 6) is 0.577. The topological polar surface area (TPSA) is 107 Å². The number of piperazine rings is 1. The third-order valence-electron chi connectivity index (χ3n) is 6.01. The molecule has 39 heavy (non-hydrogen) atoms. The summed E-state index contributed by atoms with van der Waals surface area (Å²) < 4.78 is 5.58. The highest BCUT2D eigenvalue weighted by Crippen LogP contribution is 2.31. The van der Waals surface area contributed by atoms with Crippen LogP contribution in [0.25, 0.3) is 10.8 Å². The molecule has 0 spiro atoms. The van der Waals surface area contributed by atoms with Crippen LogP contribution < -0.4 is 10.3 Å². The number of nitriles is 1. The van der Waals surface area contributed by atoms with Crippen LogP contribution in [0.4, 0.5) is 16.3 Å². The molecule has 3 aromatic rings. The third-order valence-corrected chi connectivity index (χ3v) is 7.16. The lowest BCUT2D eigenvalue weighted by Crippen LogP contribution is -2.56. The number of carbonyl (C=O) groups is 1. The van der Waals surface area contributed by atoms with Crippen molar-refractivity contribution in [2.75, 3.05) is 36.2 Å². The first-order valence-corrected chi connectivity index (χ1v) is 14.3. The Morgan fingerprint density at radius 3 is 2.69 bits per heavy atom. The van der Waals surface area contributed by atoms with E-state index in [0.29, 0.717) is 41.2 Å². The third kappa shape index (κ3) is 6.85. The van der Waals surface area contributed by atoms with E-state index < -0.39 is 11.7 Å². The van der Waals surface area contributed by atoms with Crippen LogP contribution in [0.1, 0.15) is 32.8 Å². The number of carbonyl (C=O) groups excluding carboxylic acids is 1. The van der Waals surface area contributed by atoms with E-state index in [9.17, 15) is 10.1 Å². The van der Waals surface area contributed by atoms with Crippen LogP contribution in [-0.2, 0) is 4.74 Å². The van der Waals surface area contributed by atoms with Crippen molar-refractivity contribution in [1.82, 2.24) is 14.9 Å². The molecule has 1 fully saturated rings. The highest BCUT2D eigenvalue weighted by Gasteiger charge is 2.34. The van der Waals surface area contributed by atoms with Crippen LogP contribution >= 0.6 is 35.0 Å². The Bertz CT molecular complexity index is 1430. The Kier molecular flexibility index (Phi) is 9.05. The second-order valence-corrected chi connectivity index (χ2v) is 11.4. The predicted octanol–water partition coefficient (Wildman–Crippen LogP) is 6.44. The average Bonchev–Trinajstić information content (AvgIpc) is 2.88. The molecule has 12 heteroatoms. The molecular weight excluding hydrogens is 557 g/mol.